The first kappa shape index (κ1) is 25.4. The molecule has 0 heterocycles. The number of carboxylic acids is 1. The summed E-state index contributed by atoms with van der Waals surface area (Å²) in [5.41, 5.74) is 5.14. The summed E-state index contributed by atoms with van der Waals surface area (Å²) in [6.07, 6.45) is 9.08. The number of aromatic carboxylic acids is 1. The summed E-state index contributed by atoms with van der Waals surface area (Å²) < 4.78 is 5.88. The van der Waals surface area contributed by atoms with Crippen molar-refractivity contribution in [1.29, 1.82) is 0 Å². The van der Waals surface area contributed by atoms with Crippen molar-refractivity contribution in [3.63, 3.8) is 0 Å². The van der Waals surface area contributed by atoms with E-state index in [1.807, 2.05) is 30.3 Å². The molecule has 39 heavy (non-hydrogen) atoms. The number of rotatable bonds is 5. The largest absolute Gasteiger partial charge is 0.496 e. The highest BCUT2D eigenvalue weighted by atomic mass is 16.5. The van der Waals surface area contributed by atoms with Gasteiger partial charge in [-0.15, -0.1) is 0 Å². The van der Waals surface area contributed by atoms with Gasteiger partial charge >= 0.3 is 5.97 Å². The minimum absolute atomic E-state index is 0.281. The highest BCUT2D eigenvalue weighted by Crippen LogP contribution is 2.62. The molecule has 4 bridgehead atoms. The van der Waals surface area contributed by atoms with Crippen molar-refractivity contribution in [2.45, 2.75) is 43.9 Å². The average Bonchev–Trinajstić information content (AvgIpc) is 2.96. The molecule has 0 atom stereocenters. The molecule has 0 spiro atoms. The van der Waals surface area contributed by atoms with Gasteiger partial charge in [-0.2, -0.15) is 0 Å². The first-order valence-corrected chi connectivity index (χ1v) is 13.9. The van der Waals surface area contributed by atoms with Crippen LogP contribution in [0.1, 0.15) is 64.8 Å². The van der Waals surface area contributed by atoms with Gasteiger partial charge in [0.2, 0.25) is 0 Å². The Morgan fingerprint density at radius 1 is 0.795 bits per heavy atom. The predicted octanol–water partition coefficient (Wildman–Crippen LogP) is 8.18. The van der Waals surface area contributed by atoms with Crippen LogP contribution in [0.4, 0.5) is 0 Å². The summed E-state index contributed by atoms with van der Waals surface area (Å²) in [6.45, 7) is 0. The van der Waals surface area contributed by atoms with Gasteiger partial charge in [0.25, 0.3) is 0 Å². The number of carbonyl (C=O) groups is 2. The molecule has 198 valence electrons. The Balaban J connectivity index is 0.000000299. The van der Waals surface area contributed by atoms with Crippen molar-refractivity contribution in [2.24, 2.45) is 17.8 Å². The van der Waals surface area contributed by atoms with Gasteiger partial charge in [0.15, 0.2) is 0 Å². The van der Waals surface area contributed by atoms with Crippen molar-refractivity contribution < 1.29 is 19.4 Å². The summed E-state index contributed by atoms with van der Waals surface area (Å²) in [5.74, 6) is 2.83. The second kappa shape index (κ2) is 10.3. The minimum atomic E-state index is -0.888. The van der Waals surface area contributed by atoms with Crippen LogP contribution in [0.2, 0.25) is 0 Å². The van der Waals surface area contributed by atoms with Gasteiger partial charge in [-0.1, -0.05) is 54.6 Å². The topological polar surface area (TPSA) is 63.6 Å². The summed E-state index contributed by atoms with van der Waals surface area (Å²) in [4.78, 5) is 21.3. The van der Waals surface area contributed by atoms with Crippen LogP contribution in [0.15, 0.2) is 84.9 Å². The molecule has 0 aromatic heterocycles. The van der Waals surface area contributed by atoms with E-state index in [1.165, 1.54) is 55.2 Å². The molecule has 8 rings (SSSR count). The molecule has 4 heteroatoms. The highest BCUT2D eigenvalue weighted by molar-refractivity contribution is 5.95. The van der Waals surface area contributed by atoms with Gasteiger partial charge in [-0.05, 0) is 114 Å². The number of fused-ring (bicyclic) bond motifs is 1. The molecule has 0 aliphatic heterocycles. The molecule has 1 N–H and O–H groups in total. The van der Waals surface area contributed by atoms with Crippen LogP contribution < -0.4 is 4.74 Å². The molecule has 0 amide bonds. The third-order valence-electron chi connectivity index (χ3n) is 9.17. The van der Waals surface area contributed by atoms with E-state index in [4.69, 9.17) is 4.74 Å². The van der Waals surface area contributed by atoms with E-state index in [-0.39, 0.29) is 5.41 Å². The van der Waals surface area contributed by atoms with Gasteiger partial charge in [-0.3, -0.25) is 4.79 Å². The fourth-order valence-electron chi connectivity index (χ4n) is 7.83. The number of carbonyl (C=O) groups excluding carboxylic acids is 1. The number of aldehydes is 1. The maximum Gasteiger partial charge on any atom is 0.335 e. The summed E-state index contributed by atoms with van der Waals surface area (Å²) in [5, 5.41) is 11.3. The third kappa shape index (κ3) is 4.96. The lowest BCUT2D eigenvalue weighted by atomic mass is 9.48. The van der Waals surface area contributed by atoms with Crippen LogP contribution in [-0.4, -0.2) is 24.5 Å². The van der Waals surface area contributed by atoms with Crippen LogP contribution in [0, 0.1) is 17.8 Å². The van der Waals surface area contributed by atoms with Gasteiger partial charge in [-0.25, -0.2) is 4.79 Å². The fourth-order valence-corrected chi connectivity index (χ4v) is 7.83. The number of carboxylic acid groups (broad SMARTS) is 1. The molecule has 4 aliphatic rings. The molecule has 0 saturated heterocycles. The van der Waals surface area contributed by atoms with E-state index in [2.05, 4.69) is 30.3 Å². The van der Waals surface area contributed by atoms with Crippen LogP contribution in [0.3, 0.4) is 0 Å². The lowest BCUT2D eigenvalue weighted by Crippen LogP contribution is -2.48. The van der Waals surface area contributed by atoms with Crippen LogP contribution >= 0.6 is 0 Å². The Morgan fingerprint density at radius 3 is 1.97 bits per heavy atom. The number of hydrogen-bond donors (Lipinski definition) is 1. The molecular weight excluding hydrogens is 484 g/mol. The van der Waals surface area contributed by atoms with Gasteiger partial charge in [0, 0.05) is 11.1 Å². The van der Waals surface area contributed by atoms with E-state index in [0.29, 0.717) is 5.56 Å². The van der Waals surface area contributed by atoms with Crippen LogP contribution in [-0.2, 0) is 5.41 Å². The zero-order valence-corrected chi connectivity index (χ0v) is 22.3. The predicted molar refractivity (Wildman–Crippen MR) is 155 cm³/mol. The van der Waals surface area contributed by atoms with Gasteiger partial charge in [0.1, 0.15) is 12.0 Å². The lowest BCUT2D eigenvalue weighted by molar-refractivity contribution is -0.00613. The molecule has 4 fully saturated rings. The normalized spacial score (nSPS) is 24.6. The molecule has 4 nitrogen and oxygen atoms in total. The quantitative estimate of drug-likeness (QED) is 0.271. The molecule has 0 unspecified atom stereocenters. The lowest BCUT2D eigenvalue weighted by Gasteiger charge is -2.57. The van der Waals surface area contributed by atoms with Crippen molar-refractivity contribution in [2.75, 3.05) is 7.11 Å². The number of methoxy groups -OCH3 is 1. The average molecular weight is 519 g/mol. The molecule has 4 aromatic carbocycles. The SMILES string of the molecule is COc1ccc(-c2ccc3cc(C(=O)O)ccc3c2)cc1C12CC3CC(CC(C3)C1)C2.O=Cc1ccccc1. The van der Waals surface area contributed by atoms with Gasteiger partial charge < -0.3 is 9.84 Å². The molecular formula is C35H34O4. The fraction of sp³-hybridized carbons (Fsp3) is 0.314. The smallest absolute Gasteiger partial charge is 0.335 e. The first-order valence-electron chi connectivity index (χ1n) is 13.9. The van der Waals surface area contributed by atoms with E-state index in [9.17, 15) is 14.7 Å². The summed E-state index contributed by atoms with van der Waals surface area (Å²) >= 11 is 0. The number of hydrogen-bond acceptors (Lipinski definition) is 3. The Morgan fingerprint density at radius 2 is 1.38 bits per heavy atom. The second-order valence-electron chi connectivity index (χ2n) is 11.7. The standard InChI is InChI=1S/C28H28O3.C7H6O/c1-31-26-7-6-23(21-2-3-22-12-24(27(29)30)5-4-20(22)11-21)13-25(26)28-14-17-8-18(15-28)10-19(9-17)16-28;8-6-7-4-2-1-3-5-7/h2-7,11-13,17-19H,8-10,14-16H2,1H3,(H,29,30);1-6H. The zero-order chi connectivity index (χ0) is 27.0. The molecule has 4 aromatic rings. The van der Waals surface area contributed by atoms with Crippen molar-refractivity contribution in [1.82, 2.24) is 0 Å². The monoisotopic (exact) mass is 518 g/mol. The highest BCUT2D eigenvalue weighted by Gasteiger charge is 2.52. The van der Waals surface area contributed by atoms with Crippen molar-refractivity contribution in [3.8, 4) is 16.9 Å². The third-order valence-corrected chi connectivity index (χ3v) is 9.17. The Kier molecular flexibility index (Phi) is 6.72. The van der Waals surface area contributed by atoms with E-state index in [1.54, 1.807) is 31.4 Å². The van der Waals surface area contributed by atoms with Crippen LogP contribution in [0.5, 0.6) is 5.75 Å². The van der Waals surface area contributed by atoms with E-state index >= 15 is 0 Å². The Bertz CT molecular complexity index is 1490. The zero-order valence-electron chi connectivity index (χ0n) is 22.3. The summed E-state index contributed by atoms with van der Waals surface area (Å²) in [6, 6.07) is 27.5. The maximum atomic E-state index is 11.3. The molecule has 4 saturated carbocycles. The van der Waals surface area contributed by atoms with Gasteiger partial charge in [0.05, 0.1) is 12.7 Å². The molecule has 0 radical (unpaired) electrons. The van der Waals surface area contributed by atoms with Crippen molar-refractivity contribution in [3.05, 3.63) is 102 Å². The number of benzene rings is 4. The maximum absolute atomic E-state index is 11.3. The van der Waals surface area contributed by atoms with E-state index < -0.39 is 5.97 Å². The first-order chi connectivity index (χ1) is 19.0. The number of ether oxygens (including phenoxy) is 1. The molecule has 4 aliphatic carbocycles. The van der Waals surface area contributed by atoms with Crippen molar-refractivity contribution >= 4 is 23.0 Å². The van der Waals surface area contributed by atoms with E-state index in [0.717, 1.165) is 46.1 Å². The summed E-state index contributed by atoms with van der Waals surface area (Å²) in [7, 11) is 1.80. The Labute approximate surface area is 229 Å². The van der Waals surface area contributed by atoms with Crippen LogP contribution in [0.25, 0.3) is 21.9 Å². The minimum Gasteiger partial charge on any atom is -0.496 e. The second-order valence-corrected chi connectivity index (χ2v) is 11.7. The Hall–Kier alpha value is -3.92.